The molecule has 1 heterocycles. The summed E-state index contributed by atoms with van der Waals surface area (Å²) >= 11 is 0. The zero-order valence-corrected chi connectivity index (χ0v) is 12.0. The molecule has 0 aliphatic heterocycles. The molecule has 0 spiro atoms. The maximum atomic E-state index is 4.34. The van der Waals surface area contributed by atoms with Gasteiger partial charge < -0.3 is 0 Å². The van der Waals surface area contributed by atoms with Gasteiger partial charge in [0.05, 0.1) is 0 Å². The average Bonchev–Trinajstić information content (AvgIpc) is 2.31. The lowest BCUT2D eigenvalue weighted by molar-refractivity contribution is 0.203. The lowest BCUT2D eigenvalue weighted by atomic mass is 9.74. The molecule has 1 aliphatic carbocycles. The summed E-state index contributed by atoms with van der Waals surface area (Å²) in [6, 6.07) is 1.89. The fourth-order valence-corrected chi connectivity index (χ4v) is 3.20. The standard InChI is InChI=1S/C16H26N2/c1-16(2,3)12-14-7-5-13(6-8-14)11-15-17-9-4-10-18-15/h4,9-10,13-14H,5-8,11-12H2,1-3H3. The van der Waals surface area contributed by atoms with Gasteiger partial charge >= 0.3 is 0 Å². The van der Waals surface area contributed by atoms with Crippen molar-refractivity contribution in [2.75, 3.05) is 0 Å². The van der Waals surface area contributed by atoms with Crippen LogP contribution >= 0.6 is 0 Å². The van der Waals surface area contributed by atoms with Gasteiger partial charge in [0.25, 0.3) is 0 Å². The fourth-order valence-electron chi connectivity index (χ4n) is 3.20. The molecule has 0 radical (unpaired) electrons. The Labute approximate surface area is 111 Å². The highest BCUT2D eigenvalue weighted by Crippen LogP contribution is 2.37. The van der Waals surface area contributed by atoms with Crippen molar-refractivity contribution in [2.45, 2.75) is 59.3 Å². The minimum absolute atomic E-state index is 0.486. The molecule has 0 atom stereocenters. The molecular formula is C16H26N2. The van der Waals surface area contributed by atoms with E-state index in [1.807, 2.05) is 18.5 Å². The van der Waals surface area contributed by atoms with Crippen LogP contribution in [0.15, 0.2) is 18.5 Å². The minimum Gasteiger partial charge on any atom is -0.241 e. The first-order chi connectivity index (χ1) is 8.53. The van der Waals surface area contributed by atoms with Gasteiger partial charge in [-0.2, -0.15) is 0 Å². The van der Waals surface area contributed by atoms with Crippen LogP contribution in [0.25, 0.3) is 0 Å². The summed E-state index contributed by atoms with van der Waals surface area (Å²) in [5.74, 6) is 2.78. The van der Waals surface area contributed by atoms with Crippen LogP contribution in [-0.2, 0) is 6.42 Å². The zero-order valence-electron chi connectivity index (χ0n) is 12.0. The third kappa shape index (κ3) is 4.40. The van der Waals surface area contributed by atoms with Crippen molar-refractivity contribution < 1.29 is 0 Å². The van der Waals surface area contributed by atoms with Gasteiger partial charge in [-0.25, -0.2) is 9.97 Å². The Morgan fingerprint density at radius 1 is 1.00 bits per heavy atom. The van der Waals surface area contributed by atoms with E-state index < -0.39 is 0 Å². The van der Waals surface area contributed by atoms with Gasteiger partial charge in [-0.1, -0.05) is 33.6 Å². The molecule has 0 unspecified atom stereocenters. The van der Waals surface area contributed by atoms with Gasteiger partial charge in [0.1, 0.15) is 5.82 Å². The first kappa shape index (κ1) is 13.5. The number of rotatable bonds is 3. The lowest BCUT2D eigenvalue weighted by Crippen LogP contribution is -2.21. The Balaban J connectivity index is 1.77. The van der Waals surface area contributed by atoms with Gasteiger partial charge in [0.2, 0.25) is 0 Å². The van der Waals surface area contributed by atoms with Crippen molar-refractivity contribution in [3.63, 3.8) is 0 Å². The van der Waals surface area contributed by atoms with E-state index in [0.717, 1.165) is 24.1 Å². The van der Waals surface area contributed by atoms with Crippen molar-refractivity contribution >= 4 is 0 Å². The van der Waals surface area contributed by atoms with Gasteiger partial charge in [-0.15, -0.1) is 0 Å². The monoisotopic (exact) mass is 246 g/mol. The summed E-state index contributed by atoms with van der Waals surface area (Å²) in [7, 11) is 0. The zero-order chi connectivity index (χ0) is 13.0. The van der Waals surface area contributed by atoms with Crippen LogP contribution < -0.4 is 0 Å². The number of hydrogen-bond donors (Lipinski definition) is 0. The molecule has 0 amide bonds. The summed E-state index contributed by atoms with van der Waals surface area (Å²) < 4.78 is 0. The fraction of sp³-hybridized carbons (Fsp3) is 0.750. The number of hydrogen-bond acceptors (Lipinski definition) is 2. The molecule has 0 bridgehead atoms. The molecule has 1 saturated carbocycles. The Morgan fingerprint density at radius 2 is 1.56 bits per heavy atom. The highest BCUT2D eigenvalue weighted by molar-refractivity contribution is 4.91. The minimum atomic E-state index is 0.486. The summed E-state index contributed by atoms with van der Waals surface area (Å²) in [5, 5.41) is 0. The van der Waals surface area contributed by atoms with E-state index in [0.29, 0.717) is 5.41 Å². The predicted octanol–water partition coefficient (Wildman–Crippen LogP) is 4.26. The lowest BCUT2D eigenvalue weighted by Gasteiger charge is -2.32. The normalized spacial score (nSPS) is 25.1. The van der Waals surface area contributed by atoms with E-state index in [9.17, 15) is 0 Å². The van der Waals surface area contributed by atoms with Crippen LogP contribution in [0.4, 0.5) is 0 Å². The Morgan fingerprint density at radius 3 is 2.11 bits per heavy atom. The molecule has 2 heteroatoms. The topological polar surface area (TPSA) is 25.8 Å². The van der Waals surface area contributed by atoms with Crippen LogP contribution in [0.3, 0.4) is 0 Å². The quantitative estimate of drug-likeness (QED) is 0.796. The van der Waals surface area contributed by atoms with Crippen molar-refractivity contribution in [3.8, 4) is 0 Å². The maximum Gasteiger partial charge on any atom is 0.128 e. The van der Waals surface area contributed by atoms with E-state index in [-0.39, 0.29) is 0 Å². The van der Waals surface area contributed by atoms with Crippen LogP contribution in [0, 0.1) is 17.3 Å². The molecule has 0 saturated heterocycles. The van der Waals surface area contributed by atoms with Gasteiger partial charge in [-0.3, -0.25) is 0 Å². The van der Waals surface area contributed by atoms with E-state index >= 15 is 0 Å². The summed E-state index contributed by atoms with van der Waals surface area (Å²) in [6.07, 6.45) is 11.7. The molecular weight excluding hydrogens is 220 g/mol. The van der Waals surface area contributed by atoms with Crippen molar-refractivity contribution in [3.05, 3.63) is 24.3 Å². The molecule has 0 N–H and O–H groups in total. The van der Waals surface area contributed by atoms with E-state index in [1.165, 1.54) is 32.1 Å². The van der Waals surface area contributed by atoms with Crippen molar-refractivity contribution in [1.82, 2.24) is 9.97 Å². The van der Waals surface area contributed by atoms with E-state index in [1.54, 1.807) is 0 Å². The third-order valence-electron chi connectivity index (χ3n) is 3.96. The number of nitrogens with zero attached hydrogens (tertiary/aromatic N) is 2. The Bertz CT molecular complexity index is 345. The summed E-state index contributed by atoms with van der Waals surface area (Å²) in [6.45, 7) is 7.07. The molecule has 1 aliphatic rings. The molecule has 1 aromatic heterocycles. The van der Waals surface area contributed by atoms with Crippen LogP contribution in [0.2, 0.25) is 0 Å². The second-order valence-electron chi connectivity index (χ2n) is 7.02. The molecule has 18 heavy (non-hydrogen) atoms. The Kier molecular flexibility index (Phi) is 4.36. The van der Waals surface area contributed by atoms with Gasteiger partial charge in [0, 0.05) is 18.8 Å². The molecule has 100 valence electrons. The van der Waals surface area contributed by atoms with Gasteiger partial charge in [-0.05, 0) is 42.6 Å². The highest BCUT2D eigenvalue weighted by Gasteiger charge is 2.25. The largest absolute Gasteiger partial charge is 0.241 e. The van der Waals surface area contributed by atoms with Crippen LogP contribution in [-0.4, -0.2) is 9.97 Å². The summed E-state index contributed by atoms with van der Waals surface area (Å²) in [4.78, 5) is 8.68. The molecule has 2 rings (SSSR count). The maximum absolute atomic E-state index is 4.34. The summed E-state index contributed by atoms with van der Waals surface area (Å²) in [5.41, 5.74) is 0.486. The first-order valence-corrected chi connectivity index (χ1v) is 7.29. The van der Waals surface area contributed by atoms with E-state index in [4.69, 9.17) is 0 Å². The highest BCUT2D eigenvalue weighted by atomic mass is 14.8. The second-order valence-corrected chi connectivity index (χ2v) is 7.02. The van der Waals surface area contributed by atoms with Crippen LogP contribution in [0.5, 0.6) is 0 Å². The van der Waals surface area contributed by atoms with Gasteiger partial charge in [0.15, 0.2) is 0 Å². The molecule has 0 aromatic carbocycles. The second kappa shape index (κ2) is 5.81. The van der Waals surface area contributed by atoms with Crippen molar-refractivity contribution in [1.29, 1.82) is 0 Å². The number of aromatic nitrogens is 2. The SMILES string of the molecule is CC(C)(C)CC1CCC(Cc2ncccn2)CC1. The third-order valence-corrected chi connectivity index (χ3v) is 3.96. The first-order valence-electron chi connectivity index (χ1n) is 7.29. The molecule has 2 nitrogen and oxygen atoms in total. The molecule has 1 aromatic rings. The van der Waals surface area contributed by atoms with E-state index in [2.05, 4.69) is 30.7 Å². The predicted molar refractivity (Wildman–Crippen MR) is 75.3 cm³/mol. The molecule has 1 fully saturated rings. The van der Waals surface area contributed by atoms with Crippen molar-refractivity contribution in [2.24, 2.45) is 17.3 Å². The average molecular weight is 246 g/mol. The Hall–Kier alpha value is -0.920. The smallest absolute Gasteiger partial charge is 0.128 e. The van der Waals surface area contributed by atoms with Crippen LogP contribution in [0.1, 0.15) is 58.7 Å².